The van der Waals surface area contributed by atoms with E-state index >= 15 is 0 Å². The van der Waals surface area contributed by atoms with Crippen LogP contribution in [0.3, 0.4) is 0 Å². The lowest BCUT2D eigenvalue weighted by molar-refractivity contribution is -0.486. The van der Waals surface area contributed by atoms with Crippen LogP contribution in [0.15, 0.2) is 11.3 Å². The molecule has 1 aromatic heterocycles. The molecule has 0 aliphatic carbocycles. The van der Waals surface area contributed by atoms with Gasteiger partial charge in [-0.1, -0.05) is 11.6 Å². The Kier molecular flexibility index (Phi) is 3.87. The van der Waals surface area contributed by atoms with Crippen LogP contribution in [0.2, 0.25) is 4.47 Å². The summed E-state index contributed by atoms with van der Waals surface area (Å²) in [5, 5.41) is 13.0. The molecule has 1 aromatic rings. The molecule has 0 radical (unpaired) electrons. The highest BCUT2D eigenvalue weighted by atomic mass is 35.5. The molecular weight excluding hydrogens is 268 g/mol. The number of thiazole rings is 1. The van der Waals surface area contributed by atoms with Crippen molar-refractivity contribution in [1.82, 2.24) is 9.88 Å². The maximum Gasteiger partial charge on any atom is 0.205 e. The highest BCUT2D eigenvalue weighted by molar-refractivity contribution is 7.15. The minimum atomic E-state index is -0.712. The van der Waals surface area contributed by atoms with Crippen molar-refractivity contribution in [3.8, 4) is 0 Å². The first-order valence-corrected chi connectivity index (χ1v) is 5.99. The summed E-state index contributed by atoms with van der Waals surface area (Å²) in [6, 6.07) is 0. The number of halogens is 1. The molecule has 0 spiro atoms. The van der Waals surface area contributed by atoms with E-state index in [0.29, 0.717) is 30.0 Å². The van der Waals surface area contributed by atoms with Gasteiger partial charge in [0, 0.05) is 17.6 Å². The molecular formula is C8H9ClN4O3S. The summed E-state index contributed by atoms with van der Waals surface area (Å²) in [6.07, 6.45) is 1.66. The minimum Gasteiger partial charge on any atom is -0.371 e. The quantitative estimate of drug-likeness (QED) is 0.612. The molecule has 92 valence electrons. The Labute approximate surface area is 106 Å². The molecule has 2 rings (SSSR count). The van der Waals surface area contributed by atoms with Crippen molar-refractivity contribution in [3.05, 3.63) is 25.7 Å². The molecule has 0 saturated carbocycles. The van der Waals surface area contributed by atoms with Gasteiger partial charge in [0.15, 0.2) is 9.50 Å². The molecule has 9 heteroatoms. The van der Waals surface area contributed by atoms with Crippen molar-refractivity contribution in [3.63, 3.8) is 0 Å². The molecule has 0 bridgehead atoms. The number of aromatic nitrogens is 1. The van der Waals surface area contributed by atoms with Crippen LogP contribution in [0.4, 0.5) is 0 Å². The van der Waals surface area contributed by atoms with Crippen LogP contribution in [0.25, 0.3) is 0 Å². The molecule has 17 heavy (non-hydrogen) atoms. The number of hydrazone groups is 1. The van der Waals surface area contributed by atoms with Crippen LogP contribution < -0.4 is 0 Å². The van der Waals surface area contributed by atoms with Crippen LogP contribution >= 0.6 is 22.9 Å². The lowest BCUT2D eigenvalue weighted by atomic mass is 10.3. The van der Waals surface area contributed by atoms with Gasteiger partial charge >= 0.3 is 0 Å². The fraction of sp³-hybridized carbons (Fsp3) is 0.500. The number of amidine groups is 1. The topological polar surface area (TPSA) is 80.9 Å². The third-order valence-electron chi connectivity index (χ3n) is 2.17. The minimum absolute atomic E-state index is 0.160. The van der Waals surface area contributed by atoms with E-state index in [2.05, 4.69) is 10.1 Å². The van der Waals surface area contributed by atoms with Crippen LogP contribution in [0.5, 0.6) is 0 Å². The Morgan fingerprint density at radius 2 is 2.59 bits per heavy atom. The Bertz CT molecular complexity index is 450. The Hall–Kier alpha value is -1.25. The fourth-order valence-electron chi connectivity index (χ4n) is 1.46. The summed E-state index contributed by atoms with van der Waals surface area (Å²) in [7, 11) is 0. The van der Waals surface area contributed by atoms with Gasteiger partial charge in [-0.05, 0) is 0 Å². The highest BCUT2D eigenvalue weighted by Gasteiger charge is 2.21. The number of rotatable bonds is 3. The van der Waals surface area contributed by atoms with Crippen molar-refractivity contribution in [2.75, 3.05) is 19.8 Å². The van der Waals surface area contributed by atoms with E-state index in [0.717, 1.165) is 4.88 Å². The van der Waals surface area contributed by atoms with Gasteiger partial charge in [-0.25, -0.2) is 15.1 Å². The number of nitro groups is 1. The Morgan fingerprint density at radius 3 is 3.24 bits per heavy atom. The first kappa shape index (κ1) is 12.2. The van der Waals surface area contributed by atoms with E-state index in [1.54, 1.807) is 11.1 Å². The van der Waals surface area contributed by atoms with Crippen molar-refractivity contribution < 1.29 is 9.77 Å². The van der Waals surface area contributed by atoms with E-state index < -0.39 is 5.03 Å². The monoisotopic (exact) mass is 276 g/mol. The van der Waals surface area contributed by atoms with Crippen molar-refractivity contribution >= 4 is 28.8 Å². The number of nitrogens with zero attached hydrogens (tertiary/aromatic N) is 4. The van der Waals surface area contributed by atoms with E-state index in [4.69, 9.17) is 16.3 Å². The summed E-state index contributed by atoms with van der Waals surface area (Å²) >= 11 is 7.07. The largest absolute Gasteiger partial charge is 0.371 e. The highest BCUT2D eigenvalue weighted by Crippen LogP contribution is 2.20. The van der Waals surface area contributed by atoms with Gasteiger partial charge in [0.2, 0.25) is 5.84 Å². The summed E-state index contributed by atoms with van der Waals surface area (Å²) in [4.78, 5) is 17.0. The standard InChI is InChI=1S/C8H9ClN4O3S/c9-8-10-3-6(17-8)4-12-1-2-16-5-7(12)11-13(14)15/h3H,1-2,4-5H2. The van der Waals surface area contributed by atoms with Crippen LogP contribution in [0.1, 0.15) is 4.88 Å². The molecule has 1 fully saturated rings. The molecule has 7 nitrogen and oxygen atoms in total. The third kappa shape index (κ3) is 3.35. The lowest BCUT2D eigenvalue weighted by Gasteiger charge is -2.27. The second-order valence-electron chi connectivity index (χ2n) is 3.31. The van der Waals surface area contributed by atoms with Gasteiger partial charge in [-0.2, -0.15) is 0 Å². The average molecular weight is 277 g/mol. The normalized spacial score (nSPS) is 18.6. The van der Waals surface area contributed by atoms with E-state index in [1.165, 1.54) is 11.3 Å². The van der Waals surface area contributed by atoms with Crippen molar-refractivity contribution in [2.24, 2.45) is 5.10 Å². The van der Waals surface area contributed by atoms with E-state index in [9.17, 15) is 10.1 Å². The zero-order valence-corrected chi connectivity index (χ0v) is 10.3. The van der Waals surface area contributed by atoms with Gasteiger partial charge in [0.25, 0.3) is 0 Å². The number of morpholine rings is 1. The Balaban J connectivity index is 2.09. The SMILES string of the molecule is O=[N+]([O-])N=C1COCCN1Cc1cnc(Cl)s1. The van der Waals surface area contributed by atoms with Gasteiger partial charge < -0.3 is 9.64 Å². The number of hydrogen-bond donors (Lipinski definition) is 0. The third-order valence-corrected chi connectivity index (χ3v) is 3.27. The molecule has 1 aliphatic heterocycles. The molecule has 0 N–H and O–H groups in total. The summed E-state index contributed by atoms with van der Waals surface area (Å²) in [5.41, 5.74) is 0. The predicted molar refractivity (Wildman–Crippen MR) is 62.8 cm³/mol. The maximum atomic E-state index is 10.4. The smallest absolute Gasteiger partial charge is 0.205 e. The Morgan fingerprint density at radius 1 is 1.76 bits per heavy atom. The summed E-state index contributed by atoms with van der Waals surface area (Å²) < 4.78 is 5.60. The molecule has 1 aliphatic rings. The first-order chi connectivity index (χ1) is 8.15. The second-order valence-corrected chi connectivity index (χ2v) is 5.01. The van der Waals surface area contributed by atoms with Crippen LogP contribution in [-0.2, 0) is 11.3 Å². The first-order valence-electron chi connectivity index (χ1n) is 4.80. The zero-order valence-electron chi connectivity index (χ0n) is 8.71. The lowest BCUT2D eigenvalue weighted by Crippen LogP contribution is -2.41. The van der Waals surface area contributed by atoms with Crippen molar-refractivity contribution in [1.29, 1.82) is 0 Å². The van der Waals surface area contributed by atoms with Gasteiger partial charge in [0.1, 0.15) is 6.61 Å². The predicted octanol–water partition coefficient (Wildman–Crippen LogP) is 1.22. The van der Waals surface area contributed by atoms with Crippen LogP contribution in [0, 0.1) is 10.1 Å². The van der Waals surface area contributed by atoms with Gasteiger partial charge in [0.05, 0.1) is 18.3 Å². The summed E-state index contributed by atoms with van der Waals surface area (Å²) in [5.74, 6) is 0.325. The molecule has 0 unspecified atom stereocenters. The van der Waals surface area contributed by atoms with Gasteiger partial charge in [-0.15, -0.1) is 11.3 Å². The number of ether oxygens (including phenoxy) is 1. The summed E-state index contributed by atoms with van der Waals surface area (Å²) in [6.45, 7) is 1.78. The van der Waals surface area contributed by atoms with E-state index in [-0.39, 0.29) is 6.61 Å². The van der Waals surface area contributed by atoms with E-state index in [1.807, 2.05) is 0 Å². The maximum absolute atomic E-state index is 10.4. The molecule has 1 saturated heterocycles. The zero-order chi connectivity index (χ0) is 12.3. The van der Waals surface area contributed by atoms with Crippen LogP contribution in [-0.4, -0.2) is 40.5 Å². The average Bonchev–Trinajstić information content (AvgIpc) is 2.66. The molecule has 0 amide bonds. The second kappa shape index (κ2) is 5.39. The molecule has 0 aromatic carbocycles. The molecule has 0 atom stereocenters. The fourth-order valence-corrected chi connectivity index (χ4v) is 2.45. The molecule has 2 heterocycles. The number of hydrogen-bond acceptors (Lipinski definition) is 5. The van der Waals surface area contributed by atoms with Gasteiger partial charge in [-0.3, -0.25) is 0 Å². The van der Waals surface area contributed by atoms with Crippen molar-refractivity contribution in [2.45, 2.75) is 6.54 Å².